The molecular formula is C24H32N6OS2. The Hall–Kier alpha value is -2.39. The summed E-state index contributed by atoms with van der Waals surface area (Å²) in [5, 5.41) is 4.87. The van der Waals surface area contributed by atoms with E-state index in [4.69, 9.17) is 4.98 Å². The molecule has 1 aromatic carbocycles. The highest BCUT2D eigenvalue weighted by Gasteiger charge is 2.21. The third-order valence-electron chi connectivity index (χ3n) is 6.03. The lowest BCUT2D eigenvalue weighted by Crippen LogP contribution is -2.34. The fourth-order valence-corrected chi connectivity index (χ4v) is 6.14. The lowest BCUT2D eigenvalue weighted by atomic mass is 10.0. The molecule has 0 radical (unpaired) electrons. The summed E-state index contributed by atoms with van der Waals surface area (Å²) in [5.74, 6) is 0.927. The van der Waals surface area contributed by atoms with Crippen molar-refractivity contribution in [2.24, 2.45) is 5.92 Å². The van der Waals surface area contributed by atoms with Crippen LogP contribution < -0.4 is 15.1 Å². The first-order valence-electron chi connectivity index (χ1n) is 11.6. The van der Waals surface area contributed by atoms with Crippen molar-refractivity contribution in [3.63, 3.8) is 0 Å². The standard InChI is InChI=1S/C24H32N6OS2/c1-5-29(6-2)18-9-10-19(17(4)12-18)27-20(31)14-32-23-21-22(25-15-26-23)28-24(33-21)30-11-7-8-16(3)13-30/h9-10,12,15-16H,5-8,11,13-14H2,1-4H3,(H,27,31)/t16-/m1/s1. The summed E-state index contributed by atoms with van der Waals surface area (Å²) in [6.07, 6.45) is 4.01. The number of piperidine rings is 1. The number of aryl methyl sites for hydroxylation is 1. The number of thioether (sulfide) groups is 1. The lowest BCUT2D eigenvalue weighted by molar-refractivity contribution is -0.113. The van der Waals surface area contributed by atoms with Crippen LogP contribution in [-0.2, 0) is 4.79 Å². The van der Waals surface area contributed by atoms with Crippen molar-refractivity contribution < 1.29 is 4.79 Å². The van der Waals surface area contributed by atoms with Gasteiger partial charge in [0.1, 0.15) is 16.1 Å². The van der Waals surface area contributed by atoms with Gasteiger partial charge >= 0.3 is 0 Å². The minimum absolute atomic E-state index is 0.0416. The monoisotopic (exact) mass is 484 g/mol. The molecule has 1 aliphatic heterocycles. The molecule has 2 aromatic heterocycles. The SMILES string of the molecule is CCN(CC)c1ccc(NC(=O)CSc2ncnc3nc(N4CCC[C@@H](C)C4)sc23)c(C)c1. The van der Waals surface area contributed by atoms with Crippen LogP contribution in [0.5, 0.6) is 0 Å². The van der Waals surface area contributed by atoms with Crippen molar-refractivity contribution in [3.8, 4) is 0 Å². The summed E-state index contributed by atoms with van der Waals surface area (Å²) in [4.78, 5) is 30.9. The maximum absolute atomic E-state index is 12.7. The van der Waals surface area contributed by atoms with E-state index in [1.165, 1.54) is 30.3 Å². The van der Waals surface area contributed by atoms with E-state index >= 15 is 0 Å². The van der Waals surface area contributed by atoms with Crippen LogP contribution in [0, 0.1) is 12.8 Å². The molecule has 0 unspecified atom stereocenters. The van der Waals surface area contributed by atoms with Gasteiger partial charge in [0.05, 0.1) is 5.75 Å². The van der Waals surface area contributed by atoms with Crippen LogP contribution in [0.2, 0.25) is 0 Å². The largest absolute Gasteiger partial charge is 0.372 e. The molecule has 1 N–H and O–H groups in total. The first kappa shape index (κ1) is 23.8. The molecule has 7 nitrogen and oxygen atoms in total. The van der Waals surface area contributed by atoms with Crippen molar-refractivity contribution in [2.75, 3.05) is 47.0 Å². The van der Waals surface area contributed by atoms with Gasteiger partial charge in [-0.15, -0.1) is 0 Å². The third-order valence-corrected chi connectivity index (χ3v) is 8.26. The molecule has 1 saturated heterocycles. The first-order chi connectivity index (χ1) is 16.0. The number of rotatable bonds is 8. The zero-order chi connectivity index (χ0) is 23.4. The summed E-state index contributed by atoms with van der Waals surface area (Å²) >= 11 is 3.07. The van der Waals surface area contributed by atoms with Crippen LogP contribution in [0.15, 0.2) is 29.6 Å². The number of nitrogens with zero attached hydrogens (tertiary/aromatic N) is 5. The number of amides is 1. The molecule has 0 aliphatic carbocycles. The van der Waals surface area contributed by atoms with Gasteiger partial charge in [0.25, 0.3) is 0 Å². The van der Waals surface area contributed by atoms with Gasteiger partial charge in [0.2, 0.25) is 5.91 Å². The Morgan fingerprint density at radius 2 is 2.12 bits per heavy atom. The number of nitrogens with one attached hydrogen (secondary N) is 1. The second-order valence-corrected chi connectivity index (χ2v) is 10.5. The number of benzene rings is 1. The molecule has 0 bridgehead atoms. The smallest absolute Gasteiger partial charge is 0.234 e. The average Bonchev–Trinajstić information content (AvgIpc) is 3.25. The van der Waals surface area contributed by atoms with E-state index in [2.05, 4.69) is 58.0 Å². The van der Waals surface area contributed by atoms with Gasteiger partial charge in [-0.3, -0.25) is 4.79 Å². The van der Waals surface area contributed by atoms with Gasteiger partial charge in [-0.2, -0.15) is 4.98 Å². The Morgan fingerprint density at radius 3 is 2.85 bits per heavy atom. The number of aromatic nitrogens is 3. The molecule has 3 heterocycles. The Morgan fingerprint density at radius 1 is 1.30 bits per heavy atom. The molecule has 1 atom stereocenters. The fourth-order valence-electron chi connectivity index (χ4n) is 4.22. The fraction of sp³-hybridized carbons (Fsp3) is 0.500. The van der Waals surface area contributed by atoms with E-state index in [1.54, 1.807) is 17.7 Å². The normalized spacial score (nSPS) is 16.2. The highest BCUT2D eigenvalue weighted by Crippen LogP contribution is 2.35. The number of anilines is 3. The maximum Gasteiger partial charge on any atom is 0.234 e. The van der Waals surface area contributed by atoms with Gasteiger partial charge in [-0.05, 0) is 63.3 Å². The van der Waals surface area contributed by atoms with E-state index in [0.717, 1.165) is 52.3 Å². The predicted octanol–water partition coefficient (Wildman–Crippen LogP) is 5.21. The highest BCUT2D eigenvalue weighted by atomic mass is 32.2. The van der Waals surface area contributed by atoms with Crippen LogP contribution in [0.1, 0.15) is 39.2 Å². The van der Waals surface area contributed by atoms with E-state index in [-0.39, 0.29) is 11.7 Å². The molecule has 0 saturated carbocycles. The molecule has 176 valence electrons. The molecular weight excluding hydrogens is 452 g/mol. The Labute approximate surface area is 204 Å². The van der Waals surface area contributed by atoms with E-state index in [1.807, 2.05) is 13.0 Å². The highest BCUT2D eigenvalue weighted by molar-refractivity contribution is 8.00. The first-order valence-corrected chi connectivity index (χ1v) is 13.4. The summed E-state index contributed by atoms with van der Waals surface area (Å²) in [5.41, 5.74) is 3.81. The van der Waals surface area contributed by atoms with Crippen molar-refractivity contribution in [2.45, 2.75) is 45.6 Å². The summed E-state index contributed by atoms with van der Waals surface area (Å²) in [6.45, 7) is 12.6. The number of carbonyl (C=O) groups is 1. The van der Waals surface area contributed by atoms with Crippen molar-refractivity contribution in [1.82, 2.24) is 15.0 Å². The second-order valence-electron chi connectivity index (χ2n) is 8.53. The Kier molecular flexibility index (Phi) is 7.70. The van der Waals surface area contributed by atoms with Crippen LogP contribution in [0.25, 0.3) is 10.3 Å². The van der Waals surface area contributed by atoms with E-state index < -0.39 is 0 Å². The van der Waals surface area contributed by atoms with Gasteiger partial charge < -0.3 is 15.1 Å². The van der Waals surface area contributed by atoms with Crippen LogP contribution in [-0.4, -0.2) is 52.8 Å². The molecule has 1 fully saturated rings. The predicted molar refractivity (Wildman–Crippen MR) is 140 cm³/mol. The molecule has 9 heteroatoms. The van der Waals surface area contributed by atoms with E-state index in [9.17, 15) is 4.79 Å². The minimum Gasteiger partial charge on any atom is -0.372 e. The lowest BCUT2D eigenvalue weighted by Gasteiger charge is -2.30. The van der Waals surface area contributed by atoms with Gasteiger partial charge in [0, 0.05) is 37.6 Å². The Bertz CT molecular complexity index is 1110. The summed E-state index contributed by atoms with van der Waals surface area (Å²) in [6, 6.07) is 6.19. The second kappa shape index (κ2) is 10.7. The number of fused-ring (bicyclic) bond motifs is 1. The topological polar surface area (TPSA) is 74.2 Å². The van der Waals surface area contributed by atoms with Crippen LogP contribution in [0.3, 0.4) is 0 Å². The molecule has 33 heavy (non-hydrogen) atoms. The number of hydrogen-bond donors (Lipinski definition) is 1. The average molecular weight is 485 g/mol. The van der Waals surface area contributed by atoms with Gasteiger partial charge in [0.15, 0.2) is 10.8 Å². The van der Waals surface area contributed by atoms with Crippen molar-refractivity contribution in [1.29, 1.82) is 0 Å². The quantitative estimate of drug-likeness (QED) is 0.348. The van der Waals surface area contributed by atoms with Gasteiger partial charge in [-0.1, -0.05) is 30.0 Å². The van der Waals surface area contributed by atoms with Crippen molar-refractivity contribution >= 4 is 55.9 Å². The molecule has 1 amide bonds. The molecule has 4 rings (SSSR count). The van der Waals surface area contributed by atoms with Crippen LogP contribution in [0.4, 0.5) is 16.5 Å². The zero-order valence-electron chi connectivity index (χ0n) is 19.8. The van der Waals surface area contributed by atoms with E-state index in [0.29, 0.717) is 11.6 Å². The molecule has 3 aromatic rings. The van der Waals surface area contributed by atoms with Crippen molar-refractivity contribution in [3.05, 3.63) is 30.1 Å². The van der Waals surface area contributed by atoms with Crippen LogP contribution >= 0.6 is 23.1 Å². The minimum atomic E-state index is -0.0416. The Balaban J connectivity index is 1.41. The number of hydrogen-bond acceptors (Lipinski definition) is 8. The van der Waals surface area contributed by atoms with Gasteiger partial charge in [-0.25, -0.2) is 9.97 Å². The third kappa shape index (κ3) is 5.58. The maximum atomic E-state index is 12.7. The number of thiazole rings is 1. The summed E-state index contributed by atoms with van der Waals surface area (Å²) < 4.78 is 0.961. The molecule has 0 spiro atoms. The zero-order valence-corrected chi connectivity index (χ0v) is 21.4. The molecule has 1 aliphatic rings. The summed E-state index contributed by atoms with van der Waals surface area (Å²) in [7, 11) is 0. The number of carbonyl (C=O) groups excluding carboxylic acids is 1.